The fraction of sp³-hybridized carbons (Fsp3) is 0.533. The topological polar surface area (TPSA) is 20.3 Å². The predicted octanol–water partition coefficient (Wildman–Crippen LogP) is 3.37. The molecule has 1 heterocycles. The van der Waals surface area contributed by atoms with E-state index in [4.69, 9.17) is 0 Å². The van der Waals surface area contributed by atoms with E-state index >= 15 is 0 Å². The maximum Gasteiger partial charge on any atom is 0.159 e. The smallest absolute Gasteiger partial charge is 0.159 e. The molecule has 0 amide bonds. The molecule has 0 unspecified atom stereocenters. The molecule has 2 heteroatoms. The van der Waals surface area contributed by atoms with Crippen LogP contribution in [0.15, 0.2) is 24.3 Å². The summed E-state index contributed by atoms with van der Waals surface area (Å²) >= 11 is 0. The Morgan fingerprint density at radius 2 is 1.71 bits per heavy atom. The van der Waals surface area contributed by atoms with Gasteiger partial charge in [-0.05, 0) is 42.5 Å². The quantitative estimate of drug-likeness (QED) is 0.727. The van der Waals surface area contributed by atoms with Crippen LogP contribution >= 0.6 is 0 Å². The van der Waals surface area contributed by atoms with E-state index in [9.17, 15) is 4.79 Å². The number of nitrogens with zero attached hydrogens (tertiary/aromatic N) is 1. The maximum absolute atomic E-state index is 11.2. The van der Waals surface area contributed by atoms with Crippen molar-refractivity contribution in [3.63, 3.8) is 0 Å². The molecule has 2 nitrogen and oxygen atoms in total. The minimum Gasteiger partial charge on any atom is -0.371 e. The van der Waals surface area contributed by atoms with Crippen LogP contribution in [0.4, 0.5) is 5.69 Å². The van der Waals surface area contributed by atoms with Crippen LogP contribution < -0.4 is 4.90 Å². The van der Waals surface area contributed by atoms with Crippen molar-refractivity contribution in [2.75, 3.05) is 18.0 Å². The van der Waals surface area contributed by atoms with Gasteiger partial charge in [-0.15, -0.1) is 0 Å². The Hall–Kier alpha value is -1.31. The Labute approximate surface area is 104 Å². The van der Waals surface area contributed by atoms with E-state index in [0.29, 0.717) is 5.41 Å². The molecule has 0 aromatic heterocycles. The van der Waals surface area contributed by atoms with Crippen molar-refractivity contribution in [2.45, 2.75) is 27.7 Å². The van der Waals surface area contributed by atoms with Crippen LogP contribution in [-0.2, 0) is 0 Å². The molecule has 17 heavy (non-hydrogen) atoms. The Morgan fingerprint density at radius 1 is 1.18 bits per heavy atom. The van der Waals surface area contributed by atoms with Gasteiger partial charge in [0.1, 0.15) is 0 Å². The first kappa shape index (κ1) is 12.2. The van der Waals surface area contributed by atoms with Gasteiger partial charge >= 0.3 is 0 Å². The second-order valence-electron chi connectivity index (χ2n) is 6.07. The van der Waals surface area contributed by atoms with E-state index in [1.807, 2.05) is 12.1 Å². The minimum absolute atomic E-state index is 0.132. The first-order valence-electron chi connectivity index (χ1n) is 6.24. The molecular formula is C15H21NO. The number of anilines is 1. The SMILES string of the molecule is CC(=O)c1ccc(N2CC(C(C)(C)C)C2)cc1. The fourth-order valence-corrected chi connectivity index (χ4v) is 2.14. The summed E-state index contributed by atoms with van der Waals surface area (Å²) in [6, 6.07) is 7.94. The van der Waals surface area contributed by atoms with Gasteiger partial charge < -0.3 is 4.90 Å². The number of hydrogen-bond acceptors (Lipinski definition) is 2. The number of carbonyl (C=O) groups excluding carboxylic acids is 1. The number of benzene rings is 1. The lowest BCUT2D eigenvalue weighted by molar-refractivity contribution is 0.101. The minimum atomic E-state index is 0.132. The highest BCUT2D eigenvalue weighted by Crippen LogP contribution is 2.36. The van der Waals surface area contributed by atoms with Crippen molar-refractivity contribution < 1.29 is 4.79 Å². The summed E-state index contributed by atoms with van der Waals surface area (Å²) < 4.78 is 0. The van der Waals surface area contributed by atoms with E-state index in [-0.39, 0.29) is 5.78 Å². The molecule has 1 fully saturated rings. The second-order valence-corrected chi connectivity index (χ2v) is 6.07. The molecule has 1 aliphatic rings. The first-order chi connectivity index (χ1) is 7.88. The molecule has 0 N–H and O–H groups in total. The highest BCUT2D eigenvalue weighted by atomic mass is 16.1. The van der Waals surface area contributed by atoms with Crippen molar-refractivity contribution in [1.29, 1.82) is 0 Å². The van der Waals surface area contributed by atoms with Gasteiger partial charge in [-0.25, -0.2) is 0 Å². The zero-order valence-electron chi connectivity index (χ0n) is 11.2. The Morgan fingerprint density at radius 3 is 2.12 bits per heavy atom. The van der Waals surface area contributed by atoms with E-state index in [0.717, 1.165) is 24.6 Å². The Bertz CT molecular complexity index is 408. The second kappa shape index (κ2) is 4.17. The molecule has 1 aromatic rings. The molecule has 0 radical (unpaired) electrons. The van der Waals surface area contributed by atoms with E-state index in [2.05, 4.69) is 37.8 Å². The van der Waals surface area contributed by atoms with Crippen molar-refractivity contribution in [2.24, 2.45) is 11.3 Å². The number of carbonyl (C=O) groups is 1. The third-order valence-corrected chi connectivity index (χ3v) is 3.75. The van der Waals surface area contributed by atoms with Gasteiger partial charge in [0.15, 0.2) is 5.78 Å². The van der Waals surface area contributed by atoms with Gasteiger partial charge in [-0.2, -0.15) is 0 Å². The lowest BCUT2D eigenvalue weighted by atomic mass is 9.76. The Kier molecular flexibility index (Phi) is 2.98. The highest BCUT2D eigenvalue weighted by molar-refractivity contribution is 5.94. The van der Waals surface area contributed by atoms with Gasteiger partial charge in [0.05, 0.1) is 0 Å². The average Bonchev–Trinajstić information content (AvgIpc) is 2.13. The predicted molar refractivity (Wildman–Crippen MR) is 71.6 cm³/mol. The van der Waals surface area contributed by atoms with E-state index in [1.54, 1.807) is 6.92 Å². The largest absolute Gasteiger partial charge is 0.371 e. The standard InChI is InChI=1S/C15H21NO/c1-11(17)12-5-7-14(8-6-12)16-9-13(10-16)15(2,3)4/h5-8,13H,9-10H2,1-4H3. The van der Waals surface area contributed by atoms with E-state index in [1.165, 1.54) is 5.69 Å². The summed E-state index contributed by atoms with van der Waals surface area (Å²) in [7, 11) is 0. The maximum atomic E-state index is 11.2. The molecule has 0 saturated carbocycles. The van der Waals surface area contributed by atoms with Crippen molar-refractivity contribution >= 4 is 11.5 Å². The van der Waals surface area contributed by atoms with Crippen LogP contribution in [-0.4, -0.2) is 18.9 Å². The zero-order valence-corrected chi connectivity index (χ0v) is 11.2. The first-order valence-corrected chi connectivity index (χ1v) is 6.24. The van der Waals surface area contributed by atoms with Crippen LogP contribution in [0, 0.1) is 11.3 Å². The van der Waals surface area contributed by atoms with Crippen molar-refractivity contribution in [3.8, 4) is 0 Å². The number of Topliss-reactive ketones (excluding diaryl/α,β-unsaturated/α-hetero) is 1. The summed E-state index contributed by atoms with van der Waals surface area (Å²) in [6.45, 7) is 10.8. The summed E-state index contributed by atoms with van der Waals surface area (Å²) in [5.74, 6) is 0.905. The van der Waals surface area contributed by atoms with Gasteiger partial charge in [0.2, 0.25) is 0 Å². The normalized spacial score (nSPS) is 16.8. The summed E-state index contributed by atoms with van der Waals surface area (Å²) in [5, 5.41) is 0. The molecule has 1 aliphatic heterocycles. The van der Waals surface area contributed by atoms with Crippen molar-refractivity contribution in [3.05, 3.63) is 29.8 Å². The average molecular weight is 231 g/mol. The number of rotatable bonds is 2. The van der Waals surface area contributed by atoms with Crippen LogP contribution in [0.2, 0.25) is 0 Å². The lowest BCUT2D eigenvalue weighted by Crippen LogP contribution is -2.52. The molecule has 0 atom stereocenters. The number of ketones is 1. The molecule has 92 valence electrons. The summed E-state index contributed by atoms with van der Waals surface area (Å²) in [4.78, 5) is 13.6. The molecule has 1 saturated heterocycles. The fourth-order valence-electron chi connectivity index (χ4n) is 2.14. The zero-order chi connectivity index (χ0) is 12.6. The van der Waals surface area contributed by atoms with Crippen LogP contribution in [0.3, 0.4) is 0 Å². The third-order valence-electron chi connectivity index (χ3n) is 3.75. The molecule has 0 aliphatic carbocycles. The van der Waals surface area contributed by atoms with Gasteiger partial charge in [0, 0.05) is 24.3 Å². The molecule has 1 aromatic carbocycles. The van der Waals surface area contributed by atoms with Gasteiger partial charge in [-0.1, -0.05) is 20.8 Å². The number of hydrogen-bond donors (Lipinski definition) is 0. The summed E-state index contributed by atoms with van der Waals surface area (Å²) in [6.07, 6.45) is 0. The van der Waals surface area contributed by atoms with Gasteiger partial charge in [-0.3, -0.25) is 4.79 Å². The molecular weight excluding hydrogens is 210 g/mol. The molecule has 2 rings (SSSR count). The Balaban J connectivity index is 2.00. The van der Waals surface area contributed by atoms with Crippen LogP contribution in [0.1, 0.15) is 38.1 Å². The molecule has 0 bridgehead atoms. The van der Waals surface area contributed by atoms with Crippen LogP contribution in [0.5, 0.6) is 0 Å². The monoisotopic (exact) mass is 231 g/mol. The van der Waals surface area contributed by atoms with E-state index < -0.39 is 0 Å². The molecule has 0 spiro atoms. The van der Waals surface area contributed by atoms with Gasteiger partial charge in [0.25, 0.3) is 0 Å². The van der Waals surface area contributed by atoms with Crippen LogP contribution in [0.25, 0.3) is 0 Å². The van der Waals surface area contributed by atoms with Crippen molar-refractivity contribution in [1.82, 2.24) is 0 Å². The lowest BCUT2D eigenvalue weighted by Gasteiger charge is -2.47. The third kappa shape index (κ3) is 2.51. The summed E-state index contributed by atoms with van der Waals surface area (Å²) in [5.41, 5.74) is 2.42. The highest BCUT2D eigenvalue weighted by Gasteiger charge is 2.35.